The van der Waals surface area contributed by atoms with Gasteiger partial charge >= 0.3 is 6.03 Å². The van der Waals surface area contributed by atoms with Crippen molar-refractivity contribution in [2.75, 3.05) is 18.7 Å². The van der Waals surface area contributed by atoms with Crippen LogP contribution in [0, 0.1) is 10.1 Å². The molecule has 2 aromatic carbocycles. The van der Waals surface area contributed by atoms with E-state index in [1.807, 2.05) is 0 Å². The minimum Gasteiger partial charge on any atom is -0.497 e. The molecule has 0 aliphatic heterocycles. The second-order valence-electron chi connectivity index (χ2n) is 4.80. The Balaban J connectivity index is 2.18. The van der Waals surface area contributed by atoms with E-state index in [-0.39, 0.29) is 10.6 Å². The maximum atomic E-state index is 12.6. The monoisotopic (exact) mass is 349 g/mol. The van der Waals surface area contributed by atoms with Crippen molar-refractivity contribution in [1.29, 1.82) is 0 Å². The molecular weight excluding hydrogens is 334 g/mol. The molecule has 0 bridgehead atoms. The zero-order valence-corrected chi connectivity index (χ0v) is 13.8. The van der Waals surface area contributed by atoms with Crippen LogP contribution in [0.4, 0.5) is 16.2 Å². The molecule has 0 aliphatic rings. The number of ether oxygens (including phenoxy) is 1. The van der Waals surface area contributed by atoms with E-state index < -0.39 is 20.7 Å². The van der Waals surface area contributed by atoms with Crippen molar-refractivity contribution in [2.45, 2.75) is 4.90 Å². The molecule has 24 heavy (non-hydrogen) atoms. The first-order chi connectivity index (χ1) is 11.3. The lowest BCUT2D eigenvalue weighted by atomic mass is 10.3. The second-order valence-corrected chi connectivity index (χ2v) is 7.06. The number of urea groups is 1. The van der Waals surface area contributed by atoms with Gasteiger partial charge in [-0.1, -0.05) is 0 Å². The molecule has 1 N–H and O–H groups in total. The lowest BCUT2D eigenvalue weighted by molar-refractivity contribution is -0.384. The van der Waals surface area contributed by atoms with E-state index in [9.17, 15) is 19.1 Å². The van der Waals surface area contributed by atoms with Crippen LogP contribution in [0.15, 0.2) is 57.8 Å². The Bertz CT molecular complexity index is 869. The zero-order valence-electron chi connectivity index (χ0n) is 13.0. The minimum absolute atomic E-state index is 0.128. The van der Waals surface area contributed by atoms with Gasteiger partial charge in [-0.2, -0.15) is 0 Å². The molecule has 0 saturated heterocycles. The number of nitrogens with one attached hydrogen (secondary N) is 1. The quantitative estimate of drug-likeness (QED) is 0.672. The van der Waals surface area contributed by atoms with E-state index in [4.69, 9.17) is 4.74 Å². The van der Waals surface area contributed by atoms with Crippen LogP contribution in [0.25, 0.3) is 0 Å². The van der Waals surface area contributed by atoms with Crippen LogP contribution in [0.1, 0.15) is 0 Å². The summed E-state index contributed by atoms with van der Waals surface area (Å²) in [5, 5.41) is 13.1. The molecule has 0 aliphatic carbocycles. The Morgan fingerprint density at radius 1 is 1.17 bits per heavy atom. The van der Waals surface area contributed by atoms with Gasteiger partial charge in [-0.25, -0.2) is 9.00 Å². The summed E-state index contributed by atoms with van der Waals surface area (Å²) in [6, 6.07) is 10.9. The van der Waals surface area contributed by atoms with Crippen molar-refractivity contribution in [3.05, 3.63) is 58.6 Å². The molecule has 0 heterocycles. The summed E-state index contributed by atoms with van der Waals surface area (Å²) < 4.78 is 21.2. The van der Waals surface area contributed by atoms with Crippen LogP contribution in [0.2, 0.25) is 0 Å². The van der Waals surface area contributed by atoms with Crippen molar-refractivity contribution in [3.8, 4) is 5.75 Å². The number of amides is 2. The summed E-state index contributed by atoms with van der Waals surface area (Å²) in [5.74, 6) is 0.634. The molecule has 1 atom stereocenters. The van der Waals surface area contributed by atoms with Gasteiger partial charge in [0.2, 0.25) is 0 Å². The zero-order chi connectivity index (χ0) is 17.7. The summed E-state index contributed by atoms with van der Waals surface area (Å²) >= 11 is 0. The smallest absolute Gasteiger partial charge is 0.353 e. The number of hydrogen-bond donors (Lipinski definition) is 1. The summed E-state index contributed by atoms with van der Waals surface area (Å²) in [6.07, 6.45) is 1.29. The van der Waals surface area contributed by atoms with Gasteiger partial charge in [0.25, 0.3) is 5.69 Å². The highest BCUT2D eigenvalue weighted by molar-refractivity contribution is 7.93. The third-order valence-corrected chi connectivity index (χ3v) is 4.74. The van der Waals surface area contributed by atoms with Gasteiger partial charge in [0.05, 0.1) is 21.8 Å². The molecule has 126 valence electrons. The van der Waals surface area contributed by atoms with Gasteiger partial charge in [0, 0.05) is 29.0 Å². The predicted molar refractivity (Wildman–Crippen MR) is 89.9 cm³/mol. The molecule has 9 heteroatoms. The minimum atomic E-state index is -3.02. The van der Waals surface area contributed by atoms with Crippen molar-refractivity contribution < 1.29 is 18.7 Å². The fourth-order valence-corrected chi connectivity index (χ4v) is 2.96. The maximum absolute atomic E-state index is 12.6. The normalized spacial score (nSPS) is 12.8. The van der Waals surface area contributed by atoms with Crippen LogP contribution in [-0.4, -0.2) is 28.5 Å². The van der Waals surface area contributed by atoms with E-state index >= 15 is 0 Å². The van der Waals surface area contributed by atoms with Crippen molar-refractivity contribution in [3.63, 3.8) is 0 Å². The van der Waals surface area contributed by atoms with Gasteiger partial charge in [0.1, 0.15) is 5.75 Å². The van der Waals surface area contributed by atoms with Gasteiger partial charge in [-0.05, 0) is 36.4 Å². The summed E-state index contributed by atoms with van der Waals surface area (Å²) in [7, 11) is -1.49. The number of nitro benzene ring substituents is 1. The Hall–Kier alpha value is -2.94. The topological polar surface area (TPSA) is 111 Å². The highest BCUT2D eigenvalue weighted by Crippen LogP contribution is 2.18. The standard InChI is InChI=1S/C15H15N3O5S/c1-23-13-7-3-11(4-8-13)16-15(19)17-24(2,22)14-9-5-12(6-10-14)18(20)21/h3-10H,1-2H3,(H,16,19). The number of non-ortho nitro benzene ring substituents is 1. The molecule has 2 rings (SSSR count). The van der Waals surface area contributed by atoms with Crippen molar-refractivity contribution in [2.24, 2.45) is 4.36 Å². The number of anilines is 1. The molecule has 2 aromatic rings. The van der Waals surface area contributed by atoms with Crippen LogP contribution < -0.4 is 10.1 Å². The predicted octanol–water partition coefficient (Wildman–Crippen LogP) is 3.29. The molecule has 0 spiro atoms. The summed E-state index contributed by atoms with van der Waals surface area (Å²) in [5.41, 5.74) is 0.347. The van der Waals surface area contributed by atoms with Gasteiger partial charge in [-0.15, -0.1) is 4.36 Å². The molecule has 0 fully saturated rings. The first-order valence-electron chi connectivity index (χ1n) is 6.73. The Labute approximate surface area is 138 Å². The third kappa shape index (κ3) is 4.29. The lowest BCUT2D eigenvalue weighted by Crippen LogP contribution is -2.10. The second kappa shape index (κ2) is 7.09. The number of carbonyl (C=O) groups excluding carboxylic acids is 1. The first kappa shape index (κ1) is 17.4. The molecule has 1 unspecified atom stereocenters. The van der Waals surface area contributed by atoms with Crippen LogP contribution >= 0.6 is 0 Å². The van der Waals surface area contributed by atoms with Crippen LogP contribution in [0.3, 0.4) is 0 Å². The van der Waals surface area contributed by atoms with E-state index in [1.165, 1.54) is 37.6 Å². The largest absolute Gasteiger partial charge is 0.497 e. The number of hydrogen-bond acceptors (Lipinski definition) is 5. The van der Waals surface area contributed by atoms with Gasteiger partial charge < -0.3 is 10.1 Å². The molecule has 2 amide bonds. The van der Waals surface area contributed by atoms with E-state index in [0.29, 0.717) is 11.4 Å². The number of rotatable bonds is 4. The number of benzene rings is 2. The Kier molecular flexibility index (Phi) is 5.14. The number of methoxy groups -OCH3 is 1. The SMILES string of the molecule is COc1ccc(NC(=O)N=S(C)(=O)c2ccc([N+](=O)[O-])cc2)cc1. The van der Waals surface area contributed by atoms with Crippen LogP contribution in [-0.2, 0) is 9.73 Å². The fourth-order valence-electron chi connectivity index (χ4n) is 1.85. The number of carbonyl (C=O) groups is 1. The van der Waals surface area contributed by atoms with Crippen molar-refractivity contribution >= 4 is 27.1 Å². The number of nitro groups is 1. The van der Waals surface area contributed by atoms with Gasteiger partial charge in [-0.3, -0.25) is 10.1 Å². The summed E-state index contributed by atoms with van der Waals surface area (Å²) in [4.78, 5) is 22.2. The highest BCUT2D eigenvalue weighted by Gasteiger charge is 2.12. The molecule has 0 saturated carbocycles. The first-order valence-corrected chi connectivity index (χ1v) is 8.66. The van der Waals surface area contributed by atoms with E-state index in [0.717, 1.165) is 0 Å². The number of nitrogens with zero attached hydrogens (tertiary/aromatic N) is 2. The van der Waals surface area contributed by atoms with Crippen LogP contribution in [0.5, 0.6) is 5.75 Å². The van der Waals surface area contributed by atoms with E-state index in [2.05, 4.69) is 9.68 Å². The average molecular weight is 349 g/mol. The molecule has 0 radical (unpaired) electrons. The van der Waals surface area contributed by atoms with Crippen molar-refractivity contribution in [1.82, 2.24) is 0 Å². The highest BCUT2D eigenvalue weighted by atomic mass is 32.2. The molecule has 0 aromatic heterocycles. The lowest BCUT2D eigenvalue weighted by Gasteiger charge is -2.06. The maximum Gasteiger partial charge on any atom is 0.353 e. The van der Waals surface area contributed by atoms with E-state index in [1.54, 1.807) is 24.3 Å². The summed E-state index contributed by atoms with van der Waals surface area (Å²) in [6.45, 7) is 0. The molecular formula is C15H15N3O5S. The van der Waals surface area contributed by atoms with Gasteiger partial charge in [0.15, 0.2) is 0 Å². The average Bonchev–Trinajstić information content (AvgIpc) is 2.55. The Morgan fingerprint density at radius 2 is 1.75 bits per heavy atom. The fraction of sp³-hybridized carbons (Fsp3) is 0.133. The third-order valence-electron chi connectivity index (χ3n) is 3.08. The Morgan fingerprint density at radius 3 is 2.25 bits per heavy atom. The molecule has 8 nitrogen and oxygen atoms in total.